The van der Waals surface area contributed by atoms with Crippen molar-refractivity contribution in [2.45, 2.75) is 26.3 Å². The number of benzene rings is 2. The van der Waals surface area contributed by atoms with Gasteiger partial charge in [-0.1, -0.05) is 23.7 Å². The topological polar surface area (TPSA) is 79.5 Å². The first-order chi connectivity index (χ1) is 17.0. The van der Waals surface area contributed by atoms with Gasteiger partial charge in [0.15, 0.2) is 5.13 Å². The van der Waals surface area contributed by atoms with Crippen LogP contribution in [0, 0.1) is 6.92 Å². The minimum Gasteiger partial charge on any atom is -0.492 e. The molecule has 0 saturated heterocycles. The van der Waals surface area contributed by atoms with Crippen molar-refractivity contribution in [1.82, 2.24) is 14.9 Å². The highest BCUT2D eigenvalue weighted by atomic mass is 35.5. The van der Waals surface area contributed by atoms with Gasteiger partial charge < -0.3 is 19.8 Å². The maximum atomic E-state index is 12.9. The van der Waals surface area contributed by atoms with E-state index in [9.17, 15) is 4.79 Å². The van der Waals surface area contributed by atoms with Crippen LogP contribution >= 0.6 is 22.9 Å². The van der Waals surface area contributed by atoms with Crippen molar-refractivity contribution in [2.24, 2.45) is 0 Å². The predicted molar refractivity (Wildman–Crippen MR) is 140 cm³/mol. The van der Waals surface area contributed by atoms with Gasteiger partial charge in [-0.2, -0.15) is 0 Å². The van der Waals surface area contributed by atoms with Gasteiger partial charge in [0.05, 0.1) is 13.2 Å². The van der Waals surface area contributed by atoms with Gasteiger partial charge in [0.2, 0.25) is 0 Å². The number of anilines is 1. The summed E-state index contributed by atoms with van der Waals surface area (Å²) in [5, 5.41) is 5.96. The summed E-state index contributed by atoms with van der Waals surface area (Å²) in [6.45, 7) is 5.93. The fourth-order valence-corrected chi connectivity index (χ4v) is 5.38. The number of H-pyrrole nitrogens is 1. The molecule has 3 heterocycles. The van der Waals surface area contributed by atoms with Crippen LogP contribution < -0.4 is 10.1 Å². The molecule has 1 amide bonds. The van der Waals surface area contributed by atoms with Crippen LogP contribution in [-0.4, -0.2) is 47.3 Å². The van der Waals surface area contributed by atoms with Crippen molar-refractivity contribution in [3.63, 3.8) is 0 Å². The lowest BCUT2D eigenvalue weighted by atomic mass is 9.92. The third-order valence-electron chi connectivity index (χ3n) is 6.06. The van der Waals surface area contributed by atoms with E-state index in [0.717, 1.165) is 39.5 Å². The average molecular weight is 511 g/mol. The SMILES string of the molecule is CCOC(=O)N1CCc2c([nH]c3ccc(Cl)cc23)[C@@H]1c1ccc(OCCNc2ncc(C)s2)cc1. The number of hydrogen-bond acceptors (Lipinski definition) is 6. The number of aryl methyl sites for hydroxylation is 1. The fraction of sp³-hybridized carbons (Fsp3) is 0.308. The summed E-state index contributed by atoms with van der Waals surface area (Å²) >= 11 is 7.90. The zero-order valence-electron chi connectivity index (χ0n) is 19.6. The molecule has 9 heteroatoms. The summed E-state index contributed by atoms with van der Waals surface area (Å²) in [5.41, 5.74) is 4.19. The van der Waals surface area contributed by atoms with E-state index in [-0.39, 0.29) is 12.1 Å². The summed E-state index contributed by atoms with van der Waals surface area (Å²) in [4.78, 5) is 23.7. The molecule has 1 atom stereocenters. The molecule has 5 rings (SSSR count). The van der Waals surface area contributed by atoms with Crippen LogP contribution in [0.5, 0.6) is 5.75 Å². The standard InChI is InChI=1S/C26H27ClN4O3S/c1-3-33-26(32)31-12-10-20-21-14-18(27)6-9-22(21)30-23(20)24(31)17-4-7-19(8-5-17)34-13-11-28-25-29-15-16(2)35-25/h4-9,14-15,24,30H,3,10-13H2,1-2H3,(H,28,29)/t24-/m0/s1. The van der Waals surface area contributed by atoms with Crippen LogP contribution in [0.3, 0.4) is 0 Å². The van der Waals surface area contributed by atoms with Crippen LogP contribution in [-0.2, 0) is 11.2 Å². The van der Waals surface area contributed by atoms with Crippen LogP contribution in [0.15, 0.2) is 48.7 Å². The first-order valence-corrected chi connectivity index (χ1v) is 12.9. The molecule has 2 aromatic carbocycles. The third-order valence-corrected chi connectivity index (χ3v) is 7.16. The van der Waals surface area contributed by atoms with Gasteiger partial charge in [0.25, 0.3) is 0 Å². The molecule has 0 saturated carbocycles. The highest BCUT2D eigenvalue weighted by Gasteiger charge is 2.35. The maximum Gasteiger partial charge on any atom is 0.410 e. The van der Waals surface area contributed by atoms with Gasteiger partial charge >= 0.3 is 6.09 Å². The fourth-order valence-electron chi connectivity index (χ4n) is 4.52. The monoisotopic (exact) mass is 510 g/mol. The minimum atomic E-state index is -0.316. The number of nitrogens with one attached hydrogen (secondary N) is 2. The second-order valence-electron chi connectivity index (χ2n) is 8.37. The molecular formula is C26H27ClN4O3S. The molecule has 0 bridgehead atoms. The first-order valence-electron chi connectivity index (χ1n) is 11.7. The molecule has 2 aromatic heterocycles. The lowest BCUT2D eigenvalue weighted by Gasteiger charge is -2.35. The molecule has 7 nitrogen and oxygen atoms in total. The molecule has 0 radical (unpaired) electrons. The lowest BCUT2D eigenvalue weighted by Crippen LogP contribution is -2.40. The number of halogens is 1. The predicted octanol–water partition coefficient (Wildman–Crippen LogP) is 6.18. The van der Waals surface area contributed by atoms with E-state index in [4.69, 9.17) is 21.1 Å². The van der Waals surface area contributed by atoms with Crippen molar-refractivity contribution in [3.8, 4) is 5.75 Å². The van der Waals surface area contributed by atoms with Crippen LogP contribution in [0.25, 0.3) is 10.9 Å². The molecule has 2 N–H and O–H groups in total. The summed E-state index contributed by atoms with van der Waals surface area (Å²) < 4.78 is 11.3. The normalized spacial score (nSPS) is 15.2. The van der Waals surface area contributed by atoms with Crippen LogP contribution in [0.2, 0.25) is 5.02 Å². The zero-order valence-corrected chi connectivity index (χ0v) is 21.2. The van der Waals surface area contributed by atoms with Gasteiger partial charge in [-0.15, -0.1) is 11.3 Å². The molecular weight excluding hydrogens is 484 g/mol. The second-order valence-corrected chi connectivity index (χ2v) is 10.0. The zero-order chi connectivity index (χ0) is 24.4. The van der Waals surface area contributed by atoms with Gasteiger partial charge in [-0.25, -0.2) is 9.78 Å². The van der Waals surface area contributed by atoms with Gasteiger partial charge in [0, 0.05) is 39.2 Å². The molecule has 0 fully saturated rings. The van der Waals surface area contributed by atoms with Gasteiger partial charge in [0.1, 0.15) is 18.4 Å². The molecule has 1 aliphatic heterocycles. The van der Waals surface area contributed by atoms with E-state index in [1.54, 1.807) is 16.2 Å². The van der Waals surface area contributed by atoms with E-state index in [0.29, 0.717) is 31.3 Å². The molecule has 35 heavy (non-hydrogen) atoms. The van der Waals surface area contributed by atoms with Crippen molar-refractivity contribution in [3.05, 3.63) is 75.4 Å². The summed E-state index contributed by atoms with van der Waals surface area (Å²) in [6.07, 6.45) is 2.27. The lowest BCUT2D eigenvalue weighted by molar-refractivity contribution is 0.0932. The Morgan fingerprint density at radius 1 is 1.29 bits per heavy atom. The van der Waals surface area contributed by atoms with Crippen molar-refractivity contribution < 1.29 is 14.3 Å². The largest absolute Gasteiger partial charge is 0.492 e. The van der Waals surface area contributed by atoms with E-state index in [1.165, 1.54) is 10.4 Å². The first kappa shape index (κ1) is 23.5. The second kappa shape index (κ2) is 10.2. The molecule has 182 valence electrons. The van der Waals surface area contributed by atoms with Crippen LogP contribution in [0.4, 0.5) is 9.93 Å². The number of thiazole rings is 1. The molecule has 0 spiro atoms. The Morgan fingerprint density at radius 2 is 2.11 bits per heavy atom. The van der Waals surface area contributed by atoms with Gasteiger partial charge in [-0.05, 0) is 61.7 Å². The average Bonchev–Trinajstić information content (AvgIpc) is 3.44. The molecule has 0 unspecified atom stereocenters. The smallest absolute Gasteiger partial charge is 0.410 e. The maximum absolute atomic E-state index is 12.9. The summed E-state index contributed by atoms with van der Waals surface area (Å²) in [6, 6.07) is 13.5. The Bertz CT molecular complexity index is 1330. The third kappa shape index (κ3) is 4.94. The highest BCUT2D eigenvalue weighted by Crippen LogP contribution is 2.39. The van der Waals surface area contributed by atoms with E-state index < -0.39 is 0 Å². The minimum absolute atomic E-state index is 0.284. The van der Waals surface area contributed by atoms with Gasteiger partial charge in [-0.3, -0.25) is 4.90 Å². The number of amides is 1. The molecule has 4 aromatic rings. The molecule has 0 aliphatic carbocycles. The van der Waals surface area contributed by atoms with E-state index in [2.05, 4.69) is 15.3 Å². The summed E-state index contributed by atoms with van der Waals surface area (Å²) in [7, 11) is 0. The van der Waals surface area contributed by atoms with Crippen LogP contribution in [0.1, 0.15) is 34.7 Å². The number of aromatic amines is 1. The highest BCUT2D eigenvalue weighted by molar-refractivity contribution is 7.15. The van der Waals surface area contributed by atoms with Crippen molar-refractivity contribution in [2.75, 3.05) is 31.6 Å². The number of carbonyl (C=O) groups is 1. The number of hydrogen-bond donors (Lipinski definition) is 2. The number of nitrogens with zero attached hydrogens (tertiary/aromatic N) is 2. The number of ether oxygens (including phenoxy) is 2. The Kier molecular flexibility index (Phi) is 6.83. The van der Waals surface area contributed by atoms with E-state index >= 15 is 0 Å². The molecule has 1 aliphatic rings. The number of carbonyl (C=O) groups excluding carboxylic acids is 1. The Balaban J connectivity index is 1.36. The number of rotatable bonds is 7. The quantitative estimate of drug-likeness (QED) is 0.290. The summed E-state index contributed by atoms with van der Waals surface area (Å²) in [5.74, 6) is 0.771. The van der Waals surface area contributed by atoms with Crippen molar-refractivity contribution >= 4 is 45.1 Å². The van der Waals surface area contributed by atoms with E-state index in [1.807, 2.05) is 62.5 Å². The number of fused-ring (bicyclic) bond motifs is 3. The Morgan fingerprint density at radius 3 is 2.86 bits per heavy atom. The Hall–Kier alpha value is -3.23. The van der Waals surface area contributed by atoms with Crippen molar-refractivity contribution in [1.29, 1.82) is 0 Å². The Labute approximate surface area is 213 Å². The number of aromatic nitrogens is 2.